The molecule has 6 rings (SSSR count). The van der Waals surface area contributed by atoms with Crippen LogP contribution in [0.3, 0.4) is 0 Å². The van der Waals surface area contributed by atoms with Gasteiger partial charge in [0.25, 0.3) is 11.1 Å². The highest BCUT2D eigenvalue weighted by atomic mass is 16.6. The first-order chi connectivity index (χ1) is 19.2. The first-order valence-corrected chi connectivity index (χ1v) is 12.6. The molecule has 2 saturated heterocycles. The summed E-state index contributed by atoms with van der Waals surface area (Å²) in [5.74, 6) is -0.171. The monoisotopic (exact) mass is 560 g/mol. The summed E-state index contributed by atoms with van der Waals surface area (Å²) in [6.45, 7) is -0.254. The SMILES string of the molecule is Nc1nc2c(ncn2[C@@H]2O[C@H](CO)[C@@H](OCCC[C@H]3O[C@@H](n4cnc5c(=O)[nH]c(N)nc54)C[C@@H]3O)[C@H]2O)c(=O)[nH]1. The lowest BCUT2D eigenvalue weighted by Crippen LogP contribution is -2.36. The van der Waals surface area contributed by atoms with Crippen LogP contribution in [0, 0.1) is 0 Å². The van der Waals surface area contributed by atoms with E-state index >= 15 is 0 Å². The lowest BCUT2D eigenvalue weighted by Gasteiger charge is -2.21. The van der Waals surface area contributed by atoms with Crippen molar-refractivity contribution in [1.82, 2.24) is 39.0 Å². The number of nitrogen functional groups attached to an aromatic ring is 2. The van der Waals surface area contributed by atoms with Gasteiger partial charge in [-0.25, -0.2) is 9.97 Å². The molecule has 0 bridgehead atoms. The van der Waals surface area contributed by atoms with Crippen LogP contribution in [0.25, 0.3) is 22.3 Å². The van der Waals surface area contributed by atoms with Gasteiger partial charge in [0.2, 0.25) is 11.9 Å². The molecular weight excluding hydrogens is 532 g/mol. The van der Waals surface area contributed by atoms with Gasteiger partial charge in [-0.3, -0.25) is 28.7 Å². The van der Waals surface area contributed by atoms with Crippen molar-refractivity contribution >= 4 is 34.2 Å². The topological polar surface area (TPSA) is 268 Å². The molecule has 40 heavy (non-hydrogen) atoms. The van der Waals surface area contributed by atoms with Crippen molar-refractivity contribution in [1.29, 1.82) is 0 Å². The van der Waals surface area contributed by atoms with Crippen molar-refractivity contribution in [3.05, 3.63) is 33.4 Å². The van der Waals surface area contributed by atoms with Crippen LogP contribution in [0.4, 0.5) is 11.9 Å². The van der Waals surface area contributed by atoms with Crippen LogP contribution in [0.2, 0.25) is 0 Å². The van der Waals surface area contributed by atoms with Crippen molar-refractivity contribution in [2.24, 2.45) is 0 Å². The summed E-state index contributed by atoms with van der Waals surface area (Å²) in [4.78, 5) is 45.2. The van der Waals surface area contributed by atoms with E-state index < -0.39 is 60.7 Å². The van der Waals surface area contributed by atoms with Gasteiger partial charge in [0.05, 0.1) is 31.5 Å². The zero-order chi connectivity index (χ0) is 28.1. The molecular formula is C22H28N10O8. The van der Waals surface area contributed by atoms with E-state index in [1.807, 2.05) is 0 Å². The molecule has 2 aliphatic heterocycles. The highest BCUT2D eigenvalue weighted by Gasteiger charge is 2.46. The lowest BCUT2D eigenvalue weighted by molar-refractivity contribution is -0.0650. The minimum absolute atomic E-state index is 0.0260. The first-order valence-electron chi connectivity index (χ1n) is 12.6. The summed E-state index contributed by atoms with van der Waals surface area (Å²) in [6, 6.07) is 0. The number of hydrogen-bond acceptors (Lipinski definition) is 14. The van der Waals surface area contributed by atoms with E-state index in [1.54, 1.807) is 4.57 Å². The number of aliphatic hydroxyl groups excluding tert-OH is 3. The van der Waals surface area contributed by atoms with Gasteiger partial charge in [0.1, 0.15) is 24.5 Å². The van der Waals surface area contributed by atoms with Crippen LogP contribution in [-0.2, 0) is 14.2 Å². The van der Waals surface area contributed by atoms with Crippen molar-refractivity contribution in [2.45, 2.75) is 62.2 Å². The summed E-state index contributed by atoms with van der Waals surface area (Å²) in [5.41, 5.74) is 10.8. The van der Waals surface area contributed by atoms with E-state index in [4.69, 9.17) is 25.7 Å². The molecule has 0 aromatic carbocycles. The molecule has 18 heteroatoms. The Morgan fingerprint density at radius 1 is 0.975 bits per heavy atom. The minimum Gasteiger partial charge on any atom is -0.394 e. The number of nitrogens with zero attached hydrogens (tertiary/aromatic N) is 6. The predicted molar refractivity (Wildman–Crippen MR) is 136 cm³/mol. The fourth-order valence-electron chi connectivity index (χ4n) is 5.24. The molecule has 214 valence electrons. The number of H-pyrrole nitrogens is 2. The third-order valence-corrected chi connectivity index (χ3v) is 7.12. The van der Waals surface area contributed by atoms with Crippen LogP contribution in [0.1, 0.15) is 31.7 Å². The number of fused-ring (bicyclic) bond motifs is 2. The number of imidazole rings is 2. The van der Waals surface area contributed by atoms with Crippen LogP contribution in [0.15, 0.2) is 22.2 Å². The summed E-state index contributed by atoms with van der Waals surface area (Å²) >= 11 is 0. The van der Waals surface area contributed by atoms with Gasteiger partial charge >= 0.3 is 0 Å². The summed E-state index contributed by atoms with van der Waals surface area (Å²) in [7, 11) is 0. The maximum absolute atomic E-state index is 12.1. The number of nitrogens with two attached hydrogens (primary N) is 2. The average molecular weight is 561 g/mol. The molecule has 2 aliphatic rings. The summed E-state index contributed by atoms with van der Waals surface area (Å²) in [5, 5.41) is 31.4. The standard InChI is InChI=1S/C22H28N10O8/c23-21-27-16-12(18(36)29-21)25-6-31(16)11-4-8(34)9(39-11)2-1-3-38-15-10(5-33)40-20(14(15)35)32-7-26-13-17(32)28-22(24)30-19(13)37/h6-11,14-15,20,33-35H,1-5H2,(H3,23,27,29,36)(H3,24,28,30,37)/t8-,9+,10+,11+,14+,15+,20+/m0/s1. The van der Waals surface area contributed by atoms with Crippen molar-refractivity contribution in [2.75, 3.05) is 24.7 Å². The molecule has 0 spiro atoms. The molecule has 6 heterocycles. The summed E-state index contributed by atoms with van der Waals surface area (Å²) in [6.07, 6.45) is -2.02. The van der Waals surface area contributed by atoms with Crippen LogP contribution < -0.4 is 22.6 Å². The van der Waals surface area contributed by atoms with Gasteiger partial charge in [0.15, 0.2) is 28.6 Å². The van der Waals surface area contributed by atoms with Gasteiger partial charge in [-0.05, 0) is 12.8 Å². The molecule has 0 radical (unpaired) electrons. The number of anilines is 2. The maximum atomic E-state index is 12.1. The van der Waals surface area contributed by atoms with E-state index in [1.165, 1.54) is 17.2 Å². The quantitative estimate of drug-likeness (QED) is 0.110. The van der Waals surface area contributed by atoms with Crippen LogP contribution in [0.5, 0.6) is 0 Å². The number of aromatic amines is 2. The first kappa shape index (κ1) is 26.3. The summed E-state index contributed by atoms with van der Waals surface area (Å²) < 4.78 is 20.7. The highest BCUT2D eigenvalue weighted by molar-refractivity contribution is 5.71. The molecule has 2 fully saturated rings. The molecule has 7 atom stereocenters. The minimum atomic E-state index is -1.22. The molecule has 0 unspecified atom stereocenters. The number of nitrogens with one attached hydrogen (secondary N) is 2. The Morgan fingerprint density at radius 2 is 1.60 bits per heavy atom. The molecule has 9 N–H and O–H groups in total. The lowest BCUT2D eigenvalue weighted by atomic mass is 10.1. The second-order valence-electron chi connectivity index (χ2n) is 9.70. The zero-order valence-electron chi connectivity index (χ0n) is 21.0. The molecule has 18 nitrogen and oxygen atoms in total. The average Bonchev–Trinajstić information content (AvgIpc) is 3.67. The number of aliphatic hydroxyl groups is 3. The van der Waals surface area contributed by atoms with Gasteiger partial charge in [0, 0.05) is 13.0 Å². The fraction of sp³-hybridized carbons (Fsp3) is 0.545. The second-order valence-corrected chi connectivity index (χ2v) is 9.70. The van der Waals surface area contributed by atoms with Crippen LogP contribution >= 0.6 is 0 Å². The number of ether oxygens (including phenoxy) is 3. The largest absolute Gasteiger partial charge is 0.394 e. The molecule has 4 aromatic rings. The molecule has 0 aliphatic carbocycles. The van der Waals surface area contributed by atoms with Crippen LogP contribution in [-0.4, -0.2) is 98.1 Å². The molecule has 4 aromatic heterocycles. The van der Waals surface area contributed by atoms with Gasteiger partial charge in [-0.1, -0.05) is 0 Å². The van der Waals surface area contributed by atoms with Gasteiger partial charge in [-0.2, -0.15) is 9.97 Å². The Labute approximate surface area is 223 Å². The van der Waals surface area contributed by atoms with Crippen molar-refractivity contribution in [3.8, 4) is 0 Å². The van der Waals surface area contributed by atoms with Gasteiger partial charge < -0.3 is 41.0 Å². The normalized spacial score (nSPS) is 28.7. The number of hydrogen-bond donors (Lipinski definition) is 7. The van der Waals surface area contributed by atoms with Gasteiger partial charge in [-0.15, -0.1) is 0 Å². The smallest absolute Gasteiger partial charge is 0.280 e. The maximum Gasteiger partial charge on any atom is 0.280 e. The predicted octanol–water partition coefficient (Wildman–Crippen LogP) is -2.52. The Bertz CT molecular complexity index is 1650. The second kappa shape index (κ2) is 10.2. The van der Waals surface area contributed by atoms with E-state index in [9.17, 15) is 24.9 Å². The Balaban J connectivity index is 1.07. The zero-order valence-corrected chi connectivity index (χ0v) is 21.0. The highest BCUT2D eigenvalue weighted by Crippen LogP contribution is 2.34. The Hall–Kier alpha value is -3.94. The molecule has 0 amide bonds. The van der Waals surface area contributed by atoms with Crippen molar-refractivity contribution < 1.29 is 29.5 Å². The number of aromatic nitrogens is 8. The molecule has 0 saturated carbocycles. The van der Waals surface area contributed by atoms with E-state index in [2.05, 4.69) is 29.9 Å². The Morgan fingerprint density at radius 3 is 2.25 bits per heavy atom. The number of rotatable bonds is 8. The van der Waals surface area contributed by atoms with E-state index in [-0.39, 0.29) is 47.3 Å². The Kier molecular flexibility index (Phi) is 6.72. The van der Waals surface area contributed by atoms with E-state index in [0.29, 0.717) is 12.8 Å². The fourth-order valence-corrected chi connectivity index (χ4v) is 5.24. The third kappa shape index (κ3) is 4.49. The third-order valence-electron chi connectivity index (χ3n) is 7.12. The van der Waals surface area contributed by atoms with E-state index in [0.717, 1.165) is 0 Å². The van der Waals surface area contributed by atoms with Crippen molar-refractivity contribution in [3.63, 3.8) is 0 Å².